The zero-order chi connectivity index (χ0) is 22.8. The number of rotatable bonds is 5. The van der Waals surface area contributed by atoms with E-state index in [1.165, 1.54) is 0 Å². The summed E-state index contributed by atoms with van der Waals surface area (Å²) in [5.74, 6) is 0.881. The van der Waals surface area contributed by atoms with Crippen LogP contribution in [0.1, 0.15) is 18.4 Å². The lowest BCUT2D eigenvalue weighted by molar-refractivity contribution is -0.137. The monoisotopic (exact) mass is 455 g/mol. The second-order valence-corrected chi connectivity index (χ2v) is 7.65. The molecule has 1 aliphatic rings. The van der Waals surface area contributed by atoms with Crippen LogP contribution >= 0.6 is 0 Å². The van der Waals surface area contributed by atoms with Crippen LogP contribution in [0.4, 0.5) is 30.8 Å². The van der Waals surface area contributed by atoms with E-state index in [0.717, 1.165) is 50.1 Å². The van der Waals surface area contributed by atoms with Gasteiger partial charge in [-0.3, -0.25) is 0 Å². The predicted molar refractivity (Wildman–Crippen MR) is 116 cm³/mol. The fourth-order valence-corrected chi connectivity index (χ4v) is 3.64. The molecule has 1 aliphatic heterocycles. The zero-order valence-electron chi connectivity index (χ0n) is 17.3. The molecule has 33 heavy (non-hydrogen) atoms. The third-order valence-corrected chi connectivity index (χ3v) is 5.33. The van der Waals surface area contributed by atoms with Crippen LogP contribution in [0.2, 0.25) is 0 Å². The second-order valence-electron chi connectivity index (χ2n) is 7.65. The first-order valence-electron chi connectivity index (χ1n) is 10.4. The molecule has 3 N–H and O–H groups in total. The van der Waals surface area contributed by atoms with Gasteiger partial charge in [-0.15, -0.1) is 5.10 Å². The second kappa shape index (κ2) is 8.62. The molecular formula is C21H20F3N9. The van der Waals surface area contributed by atoms with Crippen LogP contribution in [0.3, 0.4) is 0 Å². The molecule has 4 aromatic rings. The highest BCUT2D eigenvalue weighted by molar-refractivity contribution is 5.63. The first kappa shape index (κ1) is 21.1. The van der Waals surface area contributed by atoms with Crippen molar-refractivity contribution < 1.29 is 13.2 Å². The average Bonchev–Trinajstić information content (AvgIpc) is 3.23. The molecular weight excluding hydrogens is 435 g/mol. The van der Waals surface area contributed by atoms with Crippen molar-refractivity contribution in [2.75, 3.05) is 23.7 Å². The van der Waals surface area contributed by atoms with Gasteiger partial charge in [-0.2, -0.15) is 13.2 Å². The van der Waals surface area contributed by atoms with Crippen LogP contribution in [0, 0.1) is 0 Å². The lowest BCUT2D eigenvalue weighted by atomic mass is 10.1. The molecule has 0 aliphatic carbocycles. The highest BCUT2D eigenvalue weighted by Gasteiger charge is 2.30. The van der Waals surface area contributed by atoms with E-state index < -0.39 is 11.7 Å². The van der Waals surface area contributed by atoms with E-state index in [-0.39, 0.29) is 11.8 Å². The Balaban J connectivity index is 1.35. The van der Waals surface area contributed by atoms with Gasteiger partial charge in [0.15, 0.2) is 5.65 Å². The highest BCUT2D eigenvalue weighted by atomic mass is 19.4. The van der Waals surface area contributed by atoms with E-state index in [1.807, 2.05) is 12.1 Å². The van der Waals surface area contributed by atoms with Crippen molar-refractivity contribution in [3.05, 3.63) is 54.6 Å². The molecule has 4 aromatic heterocycles. The summed E-state index contributed by atoms with van der Waals surface area (Å²) in [4.78, 5) is 16.7. The van der Waals surface area contributed by atoms with Crippen LogP contribution in [0.25, 0.3) is 16.9 Å². The summed E-state index contributed by atoms with van der Waals surface area (Å²) in [5.41, 5.74) is 1.23. The van der Waals surface area contributed by atoms with Gasteiger partial charge >= 0.3 is 6.18 Å². The molecule has 0 amide bonds. The summed E-state index contributed by atoms with van der Waals surface area (Å²) >= 11 is 0. The molecule has 5 rings (SSSR count). The minimum atomic E-state index is -4.46. The van der Waals surface area contributed by atoms with Gasteiger partial charge in [0.1, 0.15) is 11.6 Å². The first-order chi connectivity index (χ1) is 16.0. The van der Waals surface area contributed by atoms with E-state index in [0.29, 0.717) is 22.9 Å². The van der Waals surface area contributed by atoms with Crippen LogP contribution in [-0.4, -0.2) is 48.7 Å². The molecule has 0 unspecified atom stereocenters. The number of pyridine rings is 1. The summed E-state index contributed by atoms with van der Waals surface area (Å²) < 4.78 is 40.4. The van der Waals surface area contributed by atoms with Gasteiger partial charge in [0.25, 0.3) is 0 Å². The molecule has 0 saturated carbocycles. The highest BCUT2D eigenvalue weighted by Crippen LogP contribution is 2.30. The van der Waals surface area contributed by atoms with Gasteiger partial charge < -0.3 is 16.0 Å². The lowest BCUT2D eigenvalue weighted by Gasteiger charge is -2.24. The maximum absolute atomic E-state index is 12.9. The van der Waals surface area contributed by atoms with E-state index >= 15 is 0 Å². The smallest absolute Gasteiger partial charge is 0.366 e. The van der Waals surface area contributed by atoms with Gasteiger partial charge in [0, 0.05) is 30.2 Å². The molecule has 0 bridgehead atoms. The van der Waals surface area contributed by atoms with Crippen molar-refractivity contribution >= 4 is 23.2 Å². The van der Waals surface area contributed by atoms with E-state index in [2.05, 4.69) is 41.0 Å². The number of aromatic nitrogens is 6. The third-order valence-electron chi connectivity index (χ3n) is 5.33. The van der Waals surface area contributed by atoms with Crippen LogP contribution in [0.15, 0.2) is 49.1 Å². The van der Waals surface area contributed by atoms with Crippen molar-refractivity contribution in [2.45, 2.75) is 25.1 Å². The number of hydrogen-bond donors (Lipinski definition) is 3. The fourth-order valence-electron chi connectivity index (χ4n) is 3.64. The number of anilines is 3. The average molecular weight is 455 g/mol. The molecule has 0 radical (unpaired) electrons. The predicted octanol–water partition coefficient (Wildman–Crippen LogP) is 3.51. The van der Waals surface area contributed by atoms with Gasteiger partial charge in [0.05, 0.1) is 17.5 Å². The summed E-state index contributed by atoms with van der Waals surface area (Å²) in [6, 6.07) is 5.96. The van der Waals surface area contributed by atoms with Crippen molar-refractivity contribution in [3.8, 4) is 11.3 Å². The topological polar surface area (TPSA) is 105 Å². The van der Waals surface area contributed by atoms with Crippen molar-refractivity contribution in [1.82, 2.24) is 34.9 Å². The zero-order valence-corrected chi connectivity index (χ0v) is 17.3. The van der Waals surface area contributed by atoms with Crippen molar-refractivity contribution in [1.29, 1.82) is 0 Å². The Morgan fingerprint density at radius 2 is 1.73 bits per heavy atom. The van der Waals surface area contributed by atoms with E-state index in [1.54, 1.807) is 23.1 Å². The number of imidazole rings is 1. The number of piperidine rings is 1. The fraction of sp³-hybridized carbons (Fsp3) is 0.286. The number of nitrogens with one attached hydrogen (secondary N) is 3. The molecule has 12 heteroatoms. The lowest BCUT2D eigenvalue weighted by Crippen LogP contribution is -2.35. The normalized spacial score (nSPS) is 15.0. The van der Waals surface area contributed by atoms with Gasteiger partial charge in [-0.05, 0) is 50.2 Å². The molecule has 1 saturated heterocycles. The minimum absolute atomic E-state index is 0.00248. The molecule has 0 spiro atoms. The summed E-state index contributed by atoms with van der Waals surface area (Å²) in [6.45, 7) is 1.95. The maximum atomic E-state index is 12.9. The number of alkyl halides is 3. The molecule has 5 heterocycles. The maximum Gasteiger partial charge on any atom is 0.416 e. The SMILES string of the molecule is FC(F)(F)c1ccnc(Nc2ncc(-c3cnc4ccc(NC5CCNCC5)nn34)cn2)c1. The van der Waals surface area contributed by atoms with Gasteiger partial charge in [-0.1, -0.05) is 0 Å². The Labute approximate surface area is 186 Å². The number of hydrogen-bond acceptors (Lipinski definition) is 8. The third kappa shape index (κ3) is 4.70. The first-order valence-corrected chi connectivity index (χ1v) is 10.4. The summed E-state index contributed by atoms with van der Waals surface area (Å²) in [5, 5.41) is 14.2. The summed E-state index contributed by atoms with van der Waals surface area (Å²) in [7, 11) is 0. The minimum Gasteiger partial charge on any atom is -0.366 e. The van der Waals surface area contributed by atoms with Crippen LogP contribution < -0.4 is 16.0 Å². The number of nitrogens with zero attached hydrogens (tertiary/aromatic N) is 6. The van der Waals surface area contributed by atoms with Crippen molar-refractivity contribution in [2.24, 2.45) is 0 Å². The van der Waals surface area contributed by atoms with Gasteiger partial charge in [0.2, 0.25) is 5.95 Å². The molecule has 0 atom stereocenters. The van der Waals surface area contributed by atoms with Crippen LogP contribution in [-0.2, 0) is 6.18 Å². The molecule has 170 valence electrons. The van der Waals surface area contributed by atoms with Gasteiger partial charge in [-0.25, -0.2) is 24.5 Å². The number of halogens is 3. The molecule has 1 fully saturated rings. The van der Waals surface area contributed by atoms with Crippen LogP contribution in [0.5, 0.6) is 0 Å². The molecule has 9 nitrogen and oxygen atoms in total. The van der Waals surface area contributed by atoms with Crippen molar-refractivity contribution in [3.63, 3.8) is 0 Å². The molecule has 0 aromatic carbocycles. The Morgan fingerprint density at radius 3 is 2.48 bits per heavy atom. The number of fused-ring (bicyclic) bond motifs is 1. The largest absolute Gasteiger partial charge is 0.416 e. The van der Waals surface area contributed by atoms with E-state index in [9.17, 15) is 13.2 Å². The quantitative estimate of drug-likeness (QED) is 0.420. The Kier molecular flexibility index (Phi) is 5.50. The Morgan fingerprint density at radius 1 is 0.939 bits per heavy atom. The Bertz CT molecular complexity index is 1250. The summed E-state index contributed by atoms with van der Waals surface area (Å²) in [6.07, 6.45) is 3.47. The standard InChI is InChI=1S/C21H20F3N9/c22-21(23,24)14-3-8-26-18(9-14)31-20-28-10-13(11-29-20)16-12-27-19-2-1-17(32-33(16)19)30-15-4-6-25-7-5-15/h1-3,8-12,15,25H,4-7H2,(H,30,32)(H,26,28,29,31). The van der Waals surface area contributed by atoms with E-state index in [4.69, 9.17) is 0 Å². The Hall–Kier alpha value is -3.80.